The van der Waals surface area contributed by atoms with Crippen LogP contribution in [0.4, 0.5) is 0 Å². The summed E-state index contributed by atoms with van der Waals surface area (Å²) in [7, 11) is 0. The molecular formula is C16H16N4O3. The molecule has 3 aromatic rings. The molecule has 0 saturated carbocycles. The van der Waals surface area contributed by atoms with Crippen LogP contribution in [-0.2, 0) is 17.8 Å². The second-order valence-corrected chi connectivity index (χ2v) is 5.10. The molecule has 0 unspecified atom stereocenters. The molecule has 23 heavy (non-hydrogen) atoms. The zero-order chi connectivity index (χ0) is 16.2. The average Bonchev–Trinajstić information content (AvgIpc) is 3.12. The van der Waals surface area contributed by atoms with Crippen LogP contribution in [0.1, 0.15) is 23.0 Å². The molecule has 0 aliphatic heterocycles. The Morgan fingerprint density at radius 3 is 2.65 bits per heavy atom. The fourth-order valence-corrected chi connectivity index (χ4v) is 2.15. The molecule has 2 aromatic heterocycles. The molecule has 0 bridgehead atoms. The second-order valence-electron chi connectivity index (χ2n) is 5.10. The van der Waals surface area contributed by atoms with E-state index in [9.17, 15) is 4.79 Å². The summed E-state index contributed by atoms with van der Waals surface area (Å²) >= 11 is 0. The fraction of sp³-hybridized carbons (Fsp3) is 0.250. The maximum Gasteiger partial charge on any atom is 0.295 e. The zero-order valence-corrected chi connectivity index (χ0v) is 12.9. The topological polar surface area (TPSA) is 94.1 Å². The number of carbonyl (C=O) groups excluding carboxylic acids is 1. The van der Waals surface area contributed by atoms with E-state index < -0.39 is 0 Å². The molecule has 0 saturated heterocycles. The summed E-state index contributed by atoms with van der Waals surface area (Å²) in [5, 5.41) is 6.62. The van der Waals surface area contributed by atoms with Gasteiger partial charge in [0.15, 0.2) is 11.7 Å². The van der Waals surface area contributed by atoms with Gasteiger partial charge in [-0.1, -0.05) is 35.5 Å². The molecule has 0 radical (unpaired) electrons. The number of aryl methyl sites for hydroxylation is 2. The van der Waals surface area contributed by atoms with E-state index in [2.05, 4.69) is 20.4 Å². The minimum atomic E-state index is -0.174. The normalized spacial score (nSPS) is 10.7. The highest BCUT2D eigenvalue weighted by atomic mass is 16.5. The largest absolute Gasteiger partial charge is 0.436 e. The van der Waals surface area contributed by atoms with Crippen molar-refractivity contribution in [2.45, 2.75) is 26.8 Å². The van der Waals surface area contributed by atoms with Gasteiger partial charge in [-0.15, -0.1) is 0 Å². The van der Waals surface area contributed by atoms with Crippen molar-refractivity contribution in [3.8, 4) is 11.7 Å². The van der Waals surface area contributed by atoms with Crippen molar-refractivity contribution in [2.24, 2.45) is 0 Å². The molecule has 1 N–H and O–H groups in total. The highest BCUT2D eigenvalue weighted by molar-refractivity contribution is 5.77. The van der Waals surface area contributed by atoms with Gasteiger partial charge in [0.05, 0.1) is 12.1 Å². The van der Waals surface area contributed by atoms with E-state index in [4.69, 9.17) is 8.94 Å². The first-order chi connectivity index (χ1) is 11.1. The van der Waals surface area contributed by atoms with E-state index >= 15 is 0 Å². The summed E-state index contributed by atoms with van der Waals surface area (Å²) in [5.74, 6) is 1.32. The molecule has 0 aliphatic carbocycles. The minimum absolute atomic E-state index is 0.0441. The second kappa shape index (κ2) is 6.43. The lowest BCUT2D eigenvalue weighted by molar-refractivity contribution is -0.120. The maximum absolute atomic E-state index is 11.9. The van der Waals surface area contributed by atoms with E-state index in [0.29, 0.717) is 29.7 Å². The summed E-state index contributed by atoms with van der Waals surface area (Å²) in [6.07, 6.45) is 0.0441. The highest BCUT2D eigenvalue weighted by Crippen LogP contribution is 2.22. The van der Waals surface area contributed by atoms with Gasteiger partial charge >= 0.3 is 0 Å². The first kappa shape index (κ1) is 15.0. The number of nitrogens with zero attached hydrogens (tertiary/aromatic N) is 3. The summed E-state index contributed by atoms with van der Waals surface area (Å²) in [6.45, 7) is 4.00. The Labute approximate surface area is 132 Å². The van der Waals surface area contributed by atoms with E-state index in [-0.39, 0.29) is 18.2 Å². The van der Waals surface area contributed by atoms with Crippen LogP contribution in [0, 0.1) is 13.8 Å². The third-order valence-electron chi connectivity index (χ3n) is 3.22. The van der Waals surface area contributed by atoms with Gasteiger partial charge in [0.1, 0.15) is 0 Å². The molecule has 0 atom stereocenters. The van der Waals surface area contributed by atoms with Crippen molar-refractivity contribution in [2.75, 3.05) is 0 Å². The van der Waals surface area contributed by atoms with E-state index in [1.807, 2.05) is 30.3 Å². The molecule has 7 nitrogen and oxygen atoms in total. The Balaban J connectivity index is 1.60. The van der Waals surface area contributed by atoms with Crippen LogP contribution in [0.5, 0.6) is 0 Å². The lowest BCUT2D eigenvalue weighted by Crippen LogP contribution is -2.24. The average molecular weight is 312 g/mol. The number of aromatic nitrogens is 3. The van der Waals surface area contributed by atoms with Gasteiger partial charge in [0.2, 0.25) is 11.7 Å². The summed E-state index contributed by atoms with van der Waals surface area (Å²) in [6, 6.07) is 9.67. The number of rotatable bonds is 5. The summed E-state index contributed by atoms with van der Waals surface area (Å²) < 4.78 is 10.5. The van der Waals surface area contributed by atoms with Crippen LogP contribution in [-0.4, -0.2) is 21.0 Å². The van der Waals surface area contributed by atoms with Crippen LogP contribution in [0.2, 0.25) is 0 Å². The molecule has 0 aliphatic rings. The molecule has 1 aromatic carbocycles. The van der Waals surface area contributed by atoms with Crippen molar-refractivity contribution < 1.29 is 13.7 Å². The first-order valence-corrected chi connectivity index (χ1v) is 7.19. The molecule has 7 heteroatoms. The third-order valence-corrected chi connectivity index (χ3v) is 3.22. The van der Waals surface area contributed by atoms with Gasteiger partial charge in [0.25, 0.3) is 5.89 Å². The summed E-state index contributed by atoms with van der Waals surface area (Å²) in [5.41, 5.74) is 1.70. The van der Waals surface area contributed by atoms with Crippen molar-refractivity contribution >= 4 is 5.91 Å². The number of amides is 1. The molecule has 2 heterocycles. The van der Waals surface area contributed by atoms with Gasteiger partial charge in [-0.2, -0.15) is 4.98 Å². The summed E-state index contributed by atoms with van der Waals surface area (Å²) in [4.78, 5) is 20.3. The van der Waals surface area contributed by atoms with Crippen LogP contribution >= 0.6 is 0 Å². The molecule has 0 fully saturated rings. The van der Waals surface area contributed by atoms with Crippen molar-refractivity contribution in [1.29, 1.82) is 0 Å². The smallest absolute Gasteiger partial charge is 0.295 e. The monoisotopic (exact) mass is 312 g/mol. The van der Waals surface area contributed by atoms with Crippen LogP contribution < -0.4 is 5.32 Å². The van der Waals surface area contributed by atoms with Crippen LogP contribution in [0.3, 0.4) is 0 Å². The number of nitrogens with one attached hydrogen (secondary N) is 1. The Kier molecular flexibility index (Phi) is 4.18. The van der Waals surface area contributed by atoms with Gasteiger partial charge in [-0.05, 0) is 12.5 Å². The van der Waals surface area contributed by atoms with Crippen LogP contribution in [0.15, 0.2) is 39.3 Å². The molecule has 0 spiro atoms. The number of hydrogen-bond donors (Lipinski definition) is 1. The van der Waals surface area contributed by atoms with Crippen molar-refractivity contribution in [1.82, 2.24) is 20.4 Å². The van der Waals surface area contributed by atoms with Crippen molar-refractivity contribution in [3.63, 3.8) is 0 Å². The maximum atomic E-state index is 11.9. The number of benzene rings is 1. The van der Waals surface area contributed by atoms with Gasteiger partial charge in [-0.3, -0.25) is 4.79 Å². The van der Waals surface area contributed by atoms with Gasteiger partial charge < -0.3 is 14.3 Å². The molecule has 1 amide bonds. The number of oxazole rings is 1. The van der Waals surface area contributed by atoms with E-state index in [1.165, 1.54) is 0 Å². The lowest BCUT2D eigenvalue weighted by atomic mass is 10.2. The predicted molar refractivity (Wildman–Crippen MR) is 81.3 cm³/mol. The Bertz CT molecular complexity index is 808. The fourth-order valence-electron chi connectivity index (χ4n) is 2.15. The van der Waals surface area contributed by atoms with Gasteiger partial charge in [0, 0.05) is 13.5 Å². The lowest BCUT2D eigenvalue weighted by Gasteiger charge is -2.03. The number of carbonyl (C=O) groups is 1. The first-order valence-electron chi connectivity index (χ1n) is 7.19. The van der Waals surface area contributed by atoms with Gasteiger partial charge in [-0.25, -0.2) is 4.98 Å². The Morgan fingerprint density at radius 2 is 1.96 bits per heavy atom. The Morgan fingerprint density at radius 1 is 1.17 bits per heavy atom. The third kappa shape index (κ3) is 3.63. The standard InChI is InChI=1S/C16H16N4O3/c1-10-15(22-11(2)18-10)16-19-13(20-23-16)8-14(21)17-9-12-6-4-3-5-7-12/h3-7H,8-9H2,1-2H3,(H,17,21). The number of hydrogen-bond acceptors (Lipinski definition) is 6. The Hall–Kier alpha value is -2.96. The minimum Gasteiger partial charge on any atom is -0.436 e. The SMILES string of the molecule is Cc1nc(C)c(-c2nc(CC(=O)NCc3ccccc3)no2)o1. The van der Waals surface area contributed by atoms with Crippen LogP contribution in [0.25, 0.3) is 11.7 Å². The zero-order valence-electron chi connectivity index (χ0n) is 12.9. The van der Waals surface area contributed by atoms with E-state index in [0.717, 1.165) is 5.56 Å². The van der Waals surface area contributed by atoms with E-state index in [1.54, 1.807) is 13.8 Å². The molecule has 3 rings (SSSR count). The predicted octanol–water partition coefficient (Wildman–Crippen LogP) is 2.20. The molecular weight excluding hydrogens is 296 g/mol. The van der Waals surface area contributed by atoms with Crippen molar-refractivity contribution in [3.05, 3.63) is 53.3 Å². The molecule has 118 valence electrons. The highest BCUT2D eigenvalue weighted by Gasteiger charge is 2.18. The quantitative estimate of drug-likeness (QED) is 0.776.